The van der Waals surface area contributed by atoms with Crippen molar-refractivity contribution in [2.75, 3.05) is 9.62 Å². The monoisotopic (exact) mass is 412 g/mol. The summed E-state index contributed by atoms with van der Waals surface area (Å²) >= 11 is 1.17. The molecule has 144 valence electrons. The van der Waals surface area contributed by atoms with E-state index in [0.717, 1.165) is 17.7 Å². The molecule has 3 aromatic rings. The fourth-order valence-corrected chi connectivity index (χ4v) is 5.57. The van der Waals surface area contributed by atoms with E-state index in [1.165, 1.54) is 16.9 Å². The lowest BCUT2D eigenvalue weighted by molar-refractivity contribution is -0.118. The maximum absolute atomic E-state index is 12.9. The quantitative estimate of drug-likeness (QED) is 0.687. The topological polar surface area (TPSA) is 66.5 Å². The molecule has 28 heavy (non-hydrogen) atoms. The molecule has 2 heterocycles. The second kappa shape index (κ2) is 7.41. The highest BCUT2D eigenvalue weighted by molar-refractivity contribution is 7.94. The lowest BCUT2D eigenvalue weighted by Crippen LogP contribution is -2.36. The zero-order valence-corrected chi connectivity index (χ0v) is 17.0. The Balaban J connectivity index is 1.46. The number of carbonyl (C=O) groups is 1. The average Bonchev–Trinajstić information content (AvgIpc) is 3.30. The lowest BCUT2D eigenvalue weighted by atomic mass is 10.1. The molecule has 0 aliphatic carbocycles. The highest BCUT2D eigenvalue weighted by Gasteiger charge is 2.30. The van der Waals surface area contributed by atoms with Crippen molar-refractivity contribution >= 4 is 38.6 Å². The van der Waals surface area contributed by atoms with E-state index in [1.807, 2.05) is 23.1 Å². The summed E-state index contributed by atoms with van der Waals surface area (Å²) in [5, 5.41) is 1.72. The number of rotatable bonds is 5. The van der Waals surface area contributed by atoms with E-state index >= 15 is 0 Å². The Bertz CT molecular complexity index is 1090. The van der Waals surface area contributed by atoms with Gasteiger partial charge in [0.05, 0.1) is 6.42 Å². The van der Waals surface area contributed by atoms with Crippen molar-refractivity contribution in [3.05, 3.63) is 77.2 Å². The minimum Gasteiger partial charge on any atom is -0.309 e. The third kappa shape index (κ3) is 3.68. The van der Waals surface area contributed by atoms with Crippen molar-refractivity contribution in [1.82, 2.24) is 0 Å². The molecule has 0 saturated heterocycles. The van der Waals surface area contributed by atoms with Crippen molar-refractivity contribution < 1.29 is 13.2 Å². The summed E-state index contributed by atoms with van der Waals surface area (Å²) in [6.45, 7) is 2.06. The van der Waals surface area contributed by atoms with Gasteiger partial charge in [-0.3, -0.25) is 9.52 Å². The van der Waals surface area contributed by atoms with E-state index in [-0.39, 0.29) is 22.6 Å². The maximum atomic E-state index is 12.9. The van der Waals surface area contributed by atoms with Gasteiger partial charge in [-0.1, -0.05) is 36.4 Å². The third-order valence-electron chi connectivity index (χ3n) is 4.80. The van der Waals surface area contributed by atoms with E-state index < -0.39 is 10.0 Å². The first-order valence-corrected chi connectivity index (χ1v) is 11.4. The summed E-state index contributed by atoms with van der Waals surface area (Å²) in [5.74, 6) is 0.0457. The zero-order chi connectivity index (χ0) is 19.7. The number of hydrogen-bond donors (Lipinski definition) is 1. The molecule has 0 unspecified atom stereocenters. The molecule has 1 atom stereocenters. The number of para-hydroxylation sites is 1. The summed E-state index contributed by atoms with van der Waals surface area (Å²) in [4.78, 5) is 14.7. The Labute approximate surface area is 168 Å². The van der Waals surface area contributed by atoms with E-state index in [0.29, 0.717) is 5.69 Å². The maximum Gasteiger partial charge on any atom is 0.271 e. The van der Waals surface area contributed by atoms with Crippen LogP contribution in [0.5, 0.6) is 0 Å². The largest absolute Gasteiger partial charge is 0.309 e. The summed E-state index contributed by atoms with van der Waals surface area (Å²) < 4.78 is 27.4. The summed E-state index contributed by atoms with van der Waals surface area (Å²) in [5.41, 5.74) is 3.51. The third-order valence-corrected chi connectivity index (χ3v) is 7.58. The van der Waals surface area contributed by atoms with Crippen LogP contribution in [0.15, 0.2) is 70.3 Å². The summed E-state index contributed by atoms with van der Waals surface area (Å²) in [6.07, 6.45) is 1.14. The van der Waals surface area contributed by atoms with Gasteiger partial charge in [0.1, 0.15) is 4.21 Å². The van der Waals surface area contributed by atoms with Crippen LogP contribution in [0.2, 0.25) is 0 Å². The number of anilines is 2. The molecule has 0 spiro atoms. The molecule has 1 N–H and O–H groups in total. The van der Waals surface area contributed by atoms with Crippen LogP contribution in [0.25, 0.3) is 0 Å². The molecule has 1 aromatic heterocycles. The molecule has 5 nitrogen and oxygen atoms in total. The minimum atomic E-state index is -3.57. The molecule has 0 fully saturated rings. The van der Waals surface area contributed by atoms with E-state index in [2.05, 4.69) is 17.7 Å². The first-order chi connectivity index (χ1) is 13.4. The molecular formula is C21H20N2O3S2. The summed E-state index contributed by atoms with van der Waals surface area (Å²) in [6, 6.07) is 18.4. The Morgan fingerprint density at radius 2 is 1.86 bits per heavy atom. The number of thiophene rings is 1. The number of sulfonamides is 1. The first kappa shape index (κ1) is 18.7. The molecule has 1 aliphatic rings. The fourth-order valence-electron chi connectivity index (χ4n) is 3.52. The van der Waals surface area contributed by atoms with Gasteiger partial charge in [0, 0.05) is 17.4 Å². The van der Waals surface area contributed by atoms with Crippen LogP contribution in [-0.4, -0.2) is 20.4 Å². The van der Waals surface area contributed by atoms with Gasteiger partial charge in [-0.05, 0) is 54.1 Å². The van der Waals surface area contributed by atoms with Gasteiger partial charge in [-0.25, -0.2) is 8.42 Å². The molecule has 4 rings (SSSR count). The number of carbonyl (C=O) groups excluding carboxylic acids is 1. The normalized spacial score (nSPS) is 16.0. The highest BCUT2D eigenvalue weighted by Crippen LogP contribution is 2.32. The molecule has 0 radical (unpaired) electrons. The van der Waals surface area contributed by atoms with Gasteiger partial charge in [0.25, 0.3) is 10.0 Å². The fraction of sp³-hybridized carbons (Fsp3) is 0.190. The van der Waals surface area contributed by atoms with Gasteiger partial charge in [-0.2, -0.15) is 0 Å². The van der Waals surface area contributed by atoms with Crippen LogP contribution >= 0.6 is 11.3 Å². The second-order valence-corrected chi connectivity index (χ2v) is 9.71. The predicted molar refractivity (Wildman–Crippen MR) is 112 cm³/mol. The van der Waals surface area contributed by atoms with Crippen LogP contribution < -0.4 is 9.62 Å². The van der Waals surface area contributed by atoms with Gasteiger partial charge in [0.2, 0.25) is 5.91 Å². The number of benzene rings is 2. The average molecular weight is 413 g/mol. The Morgan fingerprint density at radius 3 is 2.57 bits per heavy atom. The van der Waals surface area contributed by atoms with E-state index in [1.54, 1.807) is 41.8 Å². The van der Waals surface area contributed by atoms with Gasteiger partial charge >= 0.3 is 0 Å². The van der Waals surface area contributed by atoms with Crippen LogP contribution in [-0.2, 0) is 27.7 Å². The Hall–Kier alpha value is -2.64. The van der Waals surface area contributed by atoms with Gasteiger partial charge < -0.3 is 4.90 Å². The van der Waals surface area contributed by atoms with Gasteiger partial charge in [0.15, 0.2) is 0 Å². The van der Waals surface area contributed by atoms with Crippen molar-refractivity contribution in [3.63, 3.8) is 0 Å². The molecule has 7 heteroatoms. The molecule has 0 saturated carbocycles. The van der Waals surface area contributed by atoms with Crippen molar-refractivity contribution in [3.8, 4) is 0 Å². The number of nitrogens with zero attached hydrogens (tertiary/aromatic N) is 1. The van der Waals surface area contributed by atoms with Gasteiger partial charge in [-0.15, -0.1) is 11.3 Å². The second-order valence-electron chi connectivity index (χ2n) is 6.86. The Morgan fingerprint density at radius 1 is 1.11 bits per heavy atom. The predicted octanol–water partition coefficient (Wildman–Crippen LogP) is 4.07. The Kier molecular flexibility index (Phi) is 4.95. The van der Waals surface area contributed by atoms with Crippen LogP contribution in [0.1, 0.15) is 18.1 Å². The van der Waals surface area contributed by atoms with Crippen molar-refractivity contribution in [2.45, 2.75) is 30.0 Å². The standard InChI is InChI=1S/C21H20N2O3S2/c1-15-13-17-5-2-3-6-19(17)23(15)20(24)14-16-8-10-18(11-9-16)22-28(25,26)21-7-4-12-27-21/h2-12,15,22H,13-14H2,1H3/t15-/m0/s1. The number of nitrogens with one attached hydrogen (secondary N) is 1. The number of hydrogen-bond acceptors (Lipinski definition) is 4. The molecular weight excluding hydrogens is 392 g/mol. The minimum absolute atomic E-state index is 0.0457. The van der Waals surface area contributed by atoms with Crippen LogP contribution in [0.4, 0.5) is 11.4 Å². The number of fused-ring (bicyclic) bond motifs is 1. The van der Waals surface area contributed by atoms with Crippen molar-refractivity contribution in [2.24, 2.45) is 0 Å². The van der Waals surface area contributed by atoms with Crippen LogP contribution in [0, 0.1) is 0 Å². The van der Waals surface area contributed by atoms with E-state index in [4.69, 9.17) is 0 Å². The molecule has 2 aromatic carbocycles. The van der Waals surface area contributed by atoms with E-state index in [9.17, 15) is 13.2 Å². The molecule has 1 aliphatic heterocycles. The van der Waals surface area contributed by atoms with Crippen molar-refractivity contribution in [1.29, 1.82) is 0 Å². The van der Waals surface area contributed by atoms with Crippen LogP contribution in [0.3, 0.4) is 0 Å². The SMILES string of the molecule is C[C@H]1Cc2ccccc2N1C(=O)Cc1ccc(NS(=O)(=O)c2cccs2)cc1. The molecule has 1 amide bonds. The first-order valence-electron chi connectivity index (χ1n) is 8.99. The smallest absolute Gasteiger partial charge is 0.271 e. The number of amides is 1. The highest BCUT2D eigenvalue weighted by atomic mass is 32.2. The zero-order valence-electron chi connectivity index (χ0n) is 15.3. The summed E-state index contributed by atoms with van der Waals surface area (Å²) in [7, 11) is -3.57. The molecule has 0 bridgehead atoms. The lowest BCUT2D eigenvalue weighted by Gasteiger charge is -2.23.